The number of nitriles is 1. The molecule has 0 spiro atoms. The molecule has 2 aromatic carbocycles. The first-order valence-corrected chi connectivity index (χ1v) is 13.8. The maximum absolute atomic E-state index is 11.8. The number of para-hydroxylation sites is 1. The van der Waals surface area contributed by atoms with Gasteiger partial charge in [0.15, 0.2) is 5.92 Å². The van der Waals surface area contributed by atoms with E-state index >= 15 is 0 Å². The van der Waals surface area contributed by atoms with E-state index in [9.17, 15) is 23.2 Å². The molecule has 2 rings (SSSR count). The number of carbonyl (C=O) groups is 3. The summed E-state index contributed by atoms with van der Waals surface area (Å²) in [6.45, 7) is 4.94. The Morgan fingerprint density at radius 2 is 1.63 bits per heavy atom. The molecule has 0 bridgehead atoms. The monoisotopic (exact) mass is 550 g/mol. The quantitative estimate of drug-likeness (QED) is 0.158. The summed E-state index contributed by atoms with van der Waals surface area (Å²) in [5.41, 5.74) is 0.974. The fraction of sp³-hybridized carbons (Fsp3) is 0.304. The fourth-order valence-corrected chi connectivity index (χ4v) is 4.38. The van der Waals surface area contributed by atoms with Gasteiger partial charge in [-0.1, -0.05) is 12.1 Å². The van der Waals surface area contributed by atoms with Crippen molar-refractivity contribution in [1.82, 2.24) is 0 Å². The average molecular weight is 550 g/mol. The predicted molar refractivity (Wildman–Crippen MR) is 125 cm³/mol. The van der Waals surface area contributed by atoms with Gasteiger partial charge in [-0.25, -0.2) is 0 Å². The molecule has 35 heavy (non-hydrogen) atoms. The van der Waals surface area contributed by atoms with E-state index < -0.39 is 37.9 Å². The Morgan fingerprint density at radius 3 is 2.11 bits per heavy atom. The third-order valence-electron chi connectivity index (χ3n) is 4.27. The van der Waals surface area contributed by atoms with Gasteiger partial charge in [-0.3, -0.25) is 9.59 Å². The second-order valence-corrected chi connectivity index (χ2v) is 10.3. The summed E-state index contributed by atoms with van der Waals surface area (Å²) in [5.74, 6) is -3.08. The smallest absolute Gasteiger partial charge is 0.320 e. The van der Waals surface area contributed by atoms with Crippen LogP contribution < -0.4 is 9.67 Å². The van der Waals surface area contributed by atoms with Crippen LogP contribution >= 0.6 is 0 Å². The van der Waals surface area contributed by atoms with Gasteiger partial charge in [0.25, 0.3) is 0 Å². The molecule has 0 saturated carbocycles. The molecule has 0 heterocycles. The molecule has 0 unspecified atom stereocenters. The van der Waals surface area contributed by atoms with Gasteiger partial charge in [0.05, 0.1) is 24.8 Å². The first-order valence-electron chi connectivity index (χ1n) is 10.4. The van der Waals surface area contributed by atoms with Crippen molar-refractivity contribution in [3.63, 3.8) is 0 Å². The number of nitrogens with zero attached hydrogens (tertiary/aromatic N) is 1. The van der Waals surface area contributed by atoms with Crippen LogP contribution in [0.2, 0.25) is 0 Å². The normalized spacial score (nSPS) is 10.4. The van der Waals surface area contributed by atoms with Crippen LogP contribution in [0.4, 0.5) is 5.69 Å². The van der Waals surface area contributed by atoms with Crippen LogP contribution in [0.5, 0.6) is 5.75 Å². The van der Waals surface area contributed by atoms with E-state index in [0.717, 1.165) is 5.56 Å². The number of rotatable bonds is 8. The van der Waals surface area contributed by atoms with E-state index in [4.69, 9.17) is 22.9 Å². The minimum atomic E-state index is -5.14. The molecule has 0 fully saturated rings. The molecular formula is C23H27AsN2O9. The molecular weight excluding hydrogens is 523 g/mol. The zero-order chi connectivity index (χ0) is 26.6. The van der Waals surface area contributed by atoms with Gasteiger partial charge in [0, 0.05) is 0 Å². The SMILES string of the molecule is CC(=O)Nc1c(O)cccc1[As](=O)(O)O.CCOC(=O)C(Cc1cccc(C#N)c1)C(=O)OCC. The largest absolute Gasteiger partial charge is 0.465 e. The number of hydrogen-bond donors (Lipinski definition) is 4. The summed E-state index contributed by atoms with van der Waals surface area (Å²) < 4.78 is 38.6. The fourth-order valence-electron chi connectivity index (χ4n) is 2.83. The molecule has 188 valence electrons. The Bertz CT molecular complexity index is 1120. The van der Waals surface area contributed by atoms with Crippen molar-refractivity contribution in [2.45, 2.75) is 27.2 Å². The minimum absolute atomic E-state index is 0.160. The number of anilines is 1. The van der Waals surface area contributed by atoms with Crippen LogP contribution in [0.1, 0.15) is 31.9 Å². The van der Waals surface area contributed by atoms with E-state index in [2.05, 4.69) is 5.32 Å². The van der Waals surface area contributed by atoms with E-state index in [1.54, 1.807) is 38.1 Å². The molecule has 0 saturated heterocycles. The molecule has 0 aliphatic carbocycles. The summed E-state index contributed by atoms with van der Waals surface area (Å²) in [4.78, 5) is 34.4. The standard InChI is InChI=1S/C15H17NO4.C8H10AsNO5/c1-3-19-14(17)13(15(18)20-4-2)9-11-6-5-7-12(8-11)10-16;1-5(11)10-8-6(9(13,14)15)3-2-4-7(8)12/h5-8,13H,3-4,9H2,1-2H3;2-4,12H,1H3,(H,10,11)(H2,13,14,15). The van der Waals surface area contributed by atoms with Gasteiger partial charge < -0.3 is 9.47 Å². The predicted octanol–water partition coefficient (Wildman–Crippen LogP) is 0.755. The van der Waals surface area contributed by atoms with E-state index in [0.29, 0.717) is 5.56 Å². The Hall–Kier alpha value is -3.58. The molecule has 11 nitrogen and oxygen atoms in total. The molecule has 1 amide bonds. The molecule has 0 aromatic heterocycles. The Kier molecular flexibility index (Phi) is 11.8. The molecule has 0 aliphatic rings. The average Bonchev–Trinajstić information content (AvgIpc) is 2.78. The number of ether oxygens (including phenoxy) is 2. The number of phenols is 1. The summed E-state index contributed by atoms with van der Waals surface area (Å²) in [6.07, 6.45) is 0.160. The zero-order valence-corrected chi connectivity index (χ0v) is 21.3. The van der Waals surface area contributed by atoms with Crippen LogP contribution in [0.15, 0.2) is 42.5 Å². The van der Waals surface area contributed by atoms with Crippen molar-refractivity contribution >= 4 is 42.1 Å². The number of benzene rings is 2. The number of amides is 1. The van der Waals surface area contributed by atoms with E-state index in [1.165, 1.54) is 25.1 Å². The molecule has 0 atom stereocenters. The first kappa shape index (κ1) is 29.5. The molecule has 12 heteroatoms. The zero-order valence-electron chi connectivity index (χ0n) is 19.4. The van der Waals surface area contributed by atoms with Gasteiger partial charge in [0.2, 0.25) is 0 Å². The minimum Gasteiger partial charge on any atom is -0.465 e. The van der Waals surface area contributed by atoms with Gasteiger partial charge in [-0.2, -0.15) is 5.26 Å². The Morgan fingerprint density at radius 1 is 1.06 bits per heavy atom. The van der Waals surface area contributed by atoms with Gasteiger partial charge in [0.1, 0.15) is 0 Å². The Balaban J connectivity index is 0.000000365. The molecule has 0 radical (unpaired) electrons. The third kappa shape index (κ3) is 9.66. The van der Waals surface area contributed by atoms with Crippen molar-refractivity contribution in [2.75, 3.05) is 18.5 Å². The summed E-state index contributed by atoms with van der Waals surface area (Å²) in [5, 5.41) is 20.4. The maximum Gasteiger partial charge on any atom is 0.320 e. The van der Waals surface area contributed by atoms with E-state index in [-0.39, 0.29) is 35.4 Å². The van der Waals surface area contributed by atoms with E-state index in [1.807, 2.05) is 6.07 Å². The molecule has 0 aliphatic heterocycles. The summed E-state index contributed by atoms with van der Waals surface area (Å²) in [6, 6.07) is 12.5. The van der Waals surface area contributed by atoms with Crippen molar-refractivity contribution in [1.29, 1.82) is 5.26 Å². The van der Waals surface area contributed by atoms with Crippen molar-refractivity contribution in [3.05, 3.63) is 53.6 Å². The molecule has 4 N–H and O–H groups in total. The van der Waals surface area contributed by atoms with Crippen LogP contribution in [0.3, 0.4) is 0 Å². The van der Waals surface area contributed by atoms with Crippen molar-refractivity contribution in [3.8, 4) is 11.8 Å². The van der Waals surface area contributed by atoms with Gasteiger partial charge in [-0.15, -0.1) is 0 Å². The first-order chi connectivity index (χ1) is 16.4. The number of hydrogen-bond acceptors (Lipinski definition) is 8. The third-order valence-corrected chi connectivity index (χ3v) is 6.37. The maximum atomic E-state index is 11.8. The number of carbonyl (C=O) groups excluding carboxylic acids is 3. The summed E-state index contributed by atoms with van der Waals surface area (Å²) >= 11 is -5.14. The summed E-state index contributed by atoms with van der Waals surface area (Å²) in [7, 11) is 0. The molecule has 2 aromatic rings. The van der Waals surface area contributed by atoms with Crippen LogP contribution in [-0.4, -0.2) is 58.5 Å². The van der Waals surface area contributed by atoms with Crippen molar-refractivity contribution < 1.29 is 40.9 Å². The van der Waals surface area contributed by atoms with Crippen LogP contribution in [-0.2, 0) is 34.0 Å². The second kappa shape index (κ2) is 14.0. The number of aromatic hydroxyl groups is 1. The van der Waals surface area contributed by atoms with Crippen LogP contribution in [0, 0.1) is 17.2 Å². The van der Waals surface area contributed by atoms with Gasteiger partial charge >= 0.3 is 100 Å². The number of esters is 2. The Labute approximate surface area is 205 Å². The topological polar surface area (TPSA) is 183 Å². The van der Waals surface area contributed by atoms with Gasteiger partial charge in [-0.05, 0) is 38.0 Å². The van der Waals surface area contributed by atoms with Crippen molar-refractivity contribution in [2.24, 2.45) is 5.92 Å². The number of phenolic OH excluding ortho intramolecular Hbond substituents is 1. The van der Waals surface area contributed by atoms with Crippen LogP contribution in [0.25, 0.3) is 0 Å². The number of nitrogens with one attached hydrogen (secondary N) is 1. The second-order valence-electron chi connectivity index (χ2n) is 6.97.